The van der Waals surface area contributed by atoms with Gasteiger partial charge in [0.15, 0.2) is 0 Å². The Kier molecular flexibility index (Phi) is 6.04. The molecule has 0 fully saturated rings. The van der Waals surface area contributed by atoms with Crippen LogP contribution in [0.1, 0.15) is 45.1 Å². The van der Waals surface area contributed by atoms with Crippen LogP contribution in [-0.4, -0.2) is 5.91 Å². The monoisotopic (exact) mass is 292 g/mol. The van der Waals surface area contributed by atoms with E-state index in [1.165, 1.54) is 0 Å². The summed E-state index contributed by atoms with van der Waals surface area (Å²) in [4.78, 5) is 12.5. The van der Waals surface area contributed by atoms with Gasteiger partial charge < -0.3 is 5.32 Å². The number of carbonyl (C=O) groups excluding carboxylic acids is 1. The molecule has 0 radical (unpaired) electrons. The number of hydrogen-bond acceptors (Lipinski definition) is 2. The van der Waals surface area contributed by atoms with Crippen molar-refractivity contribution in [3.8, 4) is 6.07 Å². The molecule has 1 rings (SSSR count). The highest BCUT2D eigenvalue weighted by atomic mass is 35.5. The third-order valence-corrected chi connectivity index (χ3v) is 3.70. The lowest BCUT2D eigenvalue weighted by Crippen LogP contribution is -2.35. The quantitative estimate of drug-likeness (QED) is 0.826. The van der Waals surface area contributed by atoms with E-state index in [2.05, 4.69) is 11.4 Å². The third-order valence-electron chi connectivity index (χ3n) is 3.37. The Bertz CT molecular complexity index is 514. The van der Waals surface area contributed by atoms with Crippen molar-refractivity contribution in [3.05, 3.63) is 28.8 Å². The number of rotatable bonds is 6. The van der Waals surface area contributed by atoms with Crippen LogP contribution >= 0.6 is 11.6 Å². The van der Waals surface area contributed by atoms with Crippen LogP contribution in [0, 0.1) is 23.7 Å². The van der Waals surface area contributed by atoms with Crippen molar-refractivity contribution in [3.63, 3.8) is 0 Å². The van der Waals surface area contributed by atoms with Crippen molar-refractivity contribution in [2.24, 2.45) is 5.41 Å². The summed E-state index contributed by atoms with van der Waals surface area (Å²) < 4.78 is 0. The Morgan fingerprint density at radius 2 is 1.95 bits per heavy atom. The van der Waals surface area contributed by atoms with Gasteiger partial charge in [0.25, 0.3) is 0 Å². The predicted molar refractivity (Wildman–Crippen MR) is 82.7 cm³/mol. The van der Waals surface area contributed by atoms with Crippen LogP contribution in [0.3, 0.4) is 0 Å². The number of nitriles is 1. The van der Waals surface area contributed by atoms with Gasteiger partial charge in [-0.2, -0.15) is 5.26 Å². The summed E-state index contributed by atoms with van der Waals surface area (Å²) in [5.41, 5.74) is 0.623. The van der Waals surface area contributed by atoms with Gasteiger partial charge >= 0.3 is 0 Å². The van der Waals surface area contributed by atoms with Crippen LogP contribution in [0.4, 0.5) is 5.69 Å². The molecule has 3 nitrogen and oxygen atoms in total. The van der Waals surface area contributed by atoms with E-state index in [1.54, 1.807) is 6.07 Å². The van der Waals surface area contributed by atoms with Gasteiger partial charge in [0.05, 0.1) is 16.8 Å². The SMILES string of the molecule is CCCC(C#N)(CCC)C(=O)Nc1cc(C)ccc1Cl. The number of anilines is 1. The minimum Gasteiger partial charge on any atom is -0.323 e. The van der Waals surface area contributed by atoms with Crippen molar-refractivity contribution in [2.75, 3.05) is 5.32 Å². The van der Waals surface area contributed by atoms with Crippen LogP contribution in [-0.2, 0) is 4.79 Å². The number of amides is 1. The summed E-state index contributed by atoms with van der Waals surface area (Å²) in [6, 6.07) is 7.67. The molecule has 1 amide bonds. The predicted octanol–water partition coefficient (Wildman–Crippen LogP) is 4.70. The first-order valence-corrected chi connectivity index (χ1v) is 7.35. The largest absolute Gasteiger partial charge is 0.323 e. The van der Waals surface area contributed by atoms with Crippen LogP contribution in [0.25, 0.3) is 0 Å². The number of halogens is 1. The highest BCUT2D eigenvalue weighted by Gasteiger charge is 2.37. The molecule has 1 aromatic carbocycles. The number of hydrogen-bond donors (Lipinski definition) is 1. The Balaban J connectivity index is 3.02. The lowest BCUT2D eigenvalue weighted by Gasteiger charge is -2.25. The van der Waals surface area contributed by atoms with Crippen LogP contribution in [0.15, 0.2) is 18.2 Å². The Morgan fingerprint density at radius 3 is 2.45 bits per heavy atom. The molecule has 0 spiro atoms. The molecule has 1 N–H and O–H groups in total. The van der Waals surface area contributed by atoms with Crippen molar-refractivity contribution in [1.82, 2.24) is 0 Å². The molecule has 4 heteroatoms. The Labute approximate surface area is 125 Å². The Morgan fingerprint density at radius 1 is 1.35 bits per heavy atom. The second-order valence-electron chi connectivity index (χ2n) is 5.13. The molecule has 0 aliphatic carbocycles. The van der Waals surface area contributed by atoms with Crippen molar-refractivity contribution in [2.45, 2.75) is 46.5 Å². The molecule has 0 atom stereocenters. The number of nitrogens with one attached hydrogen (secondary N) is 1. The van der Waals surface area contributed by atoms with E-state index in [1.807, 2.05) is 32.9 Å². The molecule has 0 aliphatic heterocycles. The molecule has 0 saturated carbocycles. The van der Waals surface area contributed by atoms with E-state index < -0.39 is 5.41 Å². The maximum atomic E-state index is 12.5. The first kappa shape index (κ1) is 16.5. The summed E-state index contributed by atoms with van der Waals surface area (Å²) in [5, 5.41) is 12.8. The average Bonchev–Trinajstić information content (AvgIpc) is 2.42. The van der Waals surface area contributed by atoms with Crippen LogP contribution < -0.4 is 5.32 Å². The van der Waals surface area contributed by atoms with E-state index in [9.17, 15) is 10.1 Å². The molecule has 0 heterocycles. The molecule has 0 aliphatic rings. The van der Waals surface area contributed by atoms with Crippen molar-refractivity contribution < 1.29 is 4.79 Å². The first-order chi connectivity index (χ1) is 9.49. The van der Waals surface area contributed by atoms with Gasteiger partial charge in [-0.1, -0.05) is 44.4 Å². The maximum Gasteiger partial charge on any atom is 0.244 e. The molecule has 108 valence electrons. The number of carbonyl (C=O) groups is 1. The fourth-order valence-electron chi connectivity index (χ4n) is 2.35. The van der Waals surface area contributed by atoms with E-state index in [-0.39, 0.29) is 5.91 Å². The van der Waals surface area contributed by atoms with Crippen LogP contribution in [0.2, 0.25) is 5.02 Å². The smallest absolute Gasteiger partial charge is 0.244 e. The van der Waals surface area contributed by atoms with Gasteiger partial charge in [-0.3, -0.25) is 4.79 Å². The van der Waals surface area contributed by atoms with E-state index in [0.717, 1.165) is 18.4 Å². The summed E-state index contributed by atoms with van der Waals surface area (Å²) in [6.45, 7) is 5.89. The fraction of sp³-hybridized carbons (Fsp3) is 0.500. The molecule has 0 aromatic heterocycles. The highest BCUT2D eigenvalue weighted by molar-refractivity contribution is 6.33. The minimum absolute atomic E-state index is 0.254. The Hall–Kier alpha value is -1.53. The lowest BCUT2D eigenvalue weighted by molar-refractivity contribution is -0.123. The average molecular weight is 293 g/mol. The lowest BCUT2D eigenvalue weighted by atomic mass is 9.79. The molecule has 20 heavy (non-hydrogen) atoms. The molecule has 0 unspecified atom stereocenters. The molecule has 1 aromatic rings. The first-order valence-electron chi connectivity index (χ1n) is 6.98. The van der Waals surface area contributed by atoms with Gasteiger partial charge in [-0.05, 0) is 37.5 Å². The standard InChI is InChI=1S/C16H21ClN2O/c1-4-8-16(11-18,9-5-2)15(20)19-14-10-12(3)6-7-13(14)17/h6-7,10H,4-5,8-9H2,1-3H3,(H,19,20). The van der Waals surface area contributed by atoms with Gasteiger partial charge in [0.2, 0.25) is 5.91 Å². The van der Waals surface area contributed by atoms with Gasteiger partial charge in [-0.15, -0.1) is 0 Å². The zero-order chi connectivity index (χ0) is 15.2. The zero-order valence-electron chi connectivity index (χ0n) is 12.3. The fourth-order valence-corrected chi connectivity index (χ4v) is 2.51. The number of nitrogens with zero attached hydrogens (tertiary/aromatic N) is 1. The van der Waals surface area contributed by atoms with E-state index >= 15 is 0 Å². The summed E-state index contributed by atoms with van der Waals surface area (Å²) in [5.74, 6) is -0.254. The minimum atomic E-state index is -0.962. The summed E-state index contributed by atoms with van der Waals surface area (Å²) >= 11 is 6.09. The maximum absolute atomic E-state index is 12.5. The normalized spacial score (nSPS) is 10.9. The number of benzene rings is 1. The van der Waals surface area contributed by atoms with Crippen molar-refractivity contribution >= 4 is 23.2 Å². The van der Waals surface area contributed by atoms with Gasteiger partial charge in [-0.25, -0.2) is 0 Å². The summed E-state index contributed by atoms with van der Waals surface area (Å²) in [7, 11) is 0. The molecular formula is C16H21ClN2O. The van der Waals surface area contributed by atoms with E-state index in [4.69, 9.17) is 11.6 Å². The number of aryl methyl sites for hydroxylation is 1. The van der Waals surface area contributed by atoms with Gasteiger partial charge in [0.1, 0.15) is 5.41 Å². The summed E-state index contributed by atoms with van der Waals surface area (Å²) in [6.07, 6.45) is 2.71. The highest BCUT2D eigenvalue weighted by Crippen LogP contribution is 2.32. The zero-order valence-corrected chi connectivity index (χ0v) is 13.0. The van der Waals surface area contributed by atoms with Gasteiger partial charge in [0, 0.05) is 0 Å². The second kappa shape index (κ2) is 7.31. The molecule has 0 saturated heterocycles. The topological polar surface area (TPSA) is 52.9 Å². The van der Waals surface area contributed by atoms with E-state index in [0.29, 0.717) is 23.6 Å². The second-order valence-corrected chi connectivity index (χ2v) is 5.54. The molecule has 0 bridgehead atoms. The third kappa shape index (κ3) is 3.74. The van der Waals surface area contributed by atoms with Crippen LogP contribution in [0.5, 0.6) is 0 Å². The molecular weight excluding hydrogens is 272 g/mol. The van der Waals surface area contributed by atoms with Crippen molar-refractivity contribution in [1.29, 1.82) is 5.26 Å².